The van der Waals surface area contributed by atoms with Crippen molar-refractivity contribution in [2.75, 3.05) is 0 Å². The van der Waals surface area contributed by atoms with Gasteiger partial charge in [-0.2, -0.15) is 0 Å². The Balaban J connectivity index is 2.21. The quantitative estimate of drug-likeness (QED) is 0.487. The van der Waals surface area contributed by atoms with Gasteiger partial charge in [-0.1, -0.05) is 61.4 Å². The number of allylic oxidation sites excluding steroid dienone is 1. The van der Waals surface area contributed by atoms with Crippen molar-refractivity contribution in [1.82, 2.24) is 0 Å². The minimum absolute atomic E-state index is 0.0136. The standard InChI is InChI=1S/C23H30O3/c1-5-14-23(4,25)16-22(24)26-21(13-10-17(2)3)20-12-11-18-8-6-7-9-19(18)15-20/h6-12,15,21,25H,5,13-14,16H2,1-4H3. The van der Waals surface area contributed by atoms with E-state index in [1.165, 1.54) is 5.57 Å². The number of fused-ring (bicyclic) bond motifs is 1. The summed E-state index contributed by atoms with van der Waals surface area (Å²) in [6.45, 7) is 7.75. The maximum Gasteiger partial charge on any atom is 0.309 e. The van der Waals surface area contributed by atoms with Crippen LogP contribution in [0, 0.1) is 0 Å². The van der Waals surface area contributed by atoms with Crippen molar-refractivity contribution in [2.24, 2.45) is 0 Å². The van der Waals surface area contributed by atoms with E-state index < -0.39 is 5.60 Å². The van der Waals surface area contributed by atoms with Gasteiger partial charge in [0.05, 0.1) is 12.0 Å². The average Bonchev–Trinajstić information content (AvgIpc) is 2.57. The third-order valence-electron chi connectivity index (χ3n) is 4.47. The van der Waals surface area contributed by atoms with Crippen LogP contribution >= 0.6 is 0 Å². The Morgan fingerprint density at radius 3 is 2.54 bits per heavy atom. The molecular weight excluding hydrogens is 324 g/mol. The third-order valence-corrected chi connectivity index (χ3v) is 4.47. The Bertz CT molecular complexity index is 770. The molecule has 26 heavy (non-hydrogen) atoms. The van der Waals surface area contributed by atoms with Crippen molar-refractivity contribution in [3.8, 4) is 0 Å². The number of esters is 1. The molecule has 2 aromatic rings. The molecule has 0 spiro atoms. The molecule has 2 unspecified atom stereocenters. The van der Waals surface area contributed by atoms with Gasteiger partial charge >= 0.3 is 5.97 Å². The molecule has 0 saturated heterocycles. The molecule has 3 nitrogen and oxygen atoms in total. The lowest BCUT2D eigenvalue weighted by Crippen LogP contribution is -2.29. The summed E-state index contributed by atoms with van der Waals surface area (Å²) in [5.41, 5.74) is 1.14. The van der Waals surface area contributed by atoms with Gasteiger partial charge in [0.1, 0.15) is 6.10 Å². The van der Waals surface area contributed by atoms with Crippen LogP contribution in [0.4, 0.5) is 0 Å². The Morgan fingerprint density at radius 2 is 1.88 bits per heavy atom. The number of rotatable bonds is 8. The van der Waals surface area contributed by atoms with Crippen LogP contribution in [0.15, 0.2) is 54.1 Å². The predicted molar refractivity (Wildman–Crippen MR) is 107 cm³/mol. The van der Waals surface area contributed by atoms with E-state index in [1.807, 2.05) is 39.0 Å². The number of aliphatic hydroxyl groups is 1. The number of hydrogen-bond donors (Lipinski definition) is 1. The van der Waals surface area contributed by atoms with Gasteiger partial charge in [-0.3, -0.25) is 4.79 Å². The van der Waals surface area contributed by atoms with Crippen LogP contribution in [0.3, 0.4) is 0 Å². The molecule has 140 valence electrons. The number of ether oxygens (including phenoxy) is 1. The molecule has 2 aromatic carbocycles. The minimum atomic E-state index is -1.02. The zero-order valence-corrected chi connectivity index (χ0v) is 16.3. The molecule has 0 amide bonds. The number of hydrogen-bond acceptors (Lipinski definition) is 3. The fraction of sp³-hybridized carbons (Fsp3) is 0.435. The smallest absolute Gasteiger partial charge is 0.309 e. The molecule has 0 fully saturated rings. The van der Waals surface area contributed by atoms with Gasteiger partial charge in [0.2, 0.25) is 0 Å². The summed E-state index contributed by atoms with van der Waals surface area (Å²) in [5, 5.41) is 12.6. The Hall–Kier alpha value is -2.13. The van der Waals surface area contributed by atoms with Gasteiger partial charge in [0.25, 0.3) is 0 Å². The lowest BCUT2D eigenvalue weighted by Gasteiger charge is -2.24. The van der Waals surface area contributed by atoms with Gasteiger partial charge in [0.15, 0.2) is 0 Å². The molecule has 2 rings (SSSR count). The maximum atomic E-state index is 12.4. The van der Waals surface area contributed by atoms with Gasteiger partial charge in [-0.05, 0) is 49.6 Å². The molecule has 1 N–H and O–H groups in total. The maximum absolute atomic E-state index is 12.4. The van der Waals surface area contributed by atoms with Crippen LogP contribution in [0.5, 0.6) is 0 Å². The number of carbonyl (C=O) groups is 1. The predicted octanol–water partition coefficient (Wildman–Crippen LogP) is 5.72. The van der Waals surface area contributed by atoms with Crippen LogP contribution in [0.1, 0.15) is 65.0 Å². The summed E-state index contributed by atoms with van der Waals surface area (Å²) in [7, 11) is 0. The summed E-state index contributed by atoms with van der Waals surface area (Å²) in [6.07, 6.45) is 3.78. The van der Waals surface area contributed by atoms with Gasteiger partial charge in [0, 0.05) is 6.42 Å². The first-order chi connectivity index (χ1) is 12.3. The van der Waals surface area contributed by atoms with E-state index in [4.69, 9.17) is 4.74 Å². The minimum Gasteiger partial charge on any atom is -0.457 e. The first-order valence-corrected chi connectivity index (χ1v) is 9.34. The normalized spacial score (nSPS) is 14.5. The Kier molecular flexibility index (Phi) is 6.98. The lowest BCUT2D eigenvalue weighted by molar-refractivity contribution is -0.154. The van der Waals surface area contributed by atoms with Crippen LogP contribution in [0.2, 0.25) is 0 Å². The van der Waals surface area contributed by atoms with Gasteiger partial charge < -0.3 is 9.84 Å². The first-order valence-electron chi connectivity index (χ1n) is 9.34. The van der Waals surface area contributed by atoms with Crippen molar-refractivity contribution in [3.63, 3.8) is 0 Å². The molecule has 0 aliphatic carbocycles. The largest absolute Gasteiger partial charge is 0.457 e. The number of carbonyl (C=O) groups excluding carboxylic acids is 1. The van der Waals surface area contributed by atoms with E-state index in [-0.39, 0.29) is 18.5 Å². The molecule has 0 saturated carbocycles. The summed E-state index contributed by atoms with van der Waals surface area (Å²) in [4.78, 5) is 12.4. The molecule has 0 bridgehead atoms. The summed E-state index contributed by atoms with van der Waals surface area (Å²) in [6, 6.07) is 14.3. The zero-order valence-electron chi connectivity index (χ0n) is 16.3. The highest BCUT2D eigenvalue weighted by Crippen LogP contribution is 2.28. The van der Waals surface area contributed by atoms with Crippen molar-refractivity contribution in [3.05, 3.63) is 59.7 Å². The molecule has 0 aliphatic rings. The van der Waals surface area contributed by atoms with Crippen LogP contribution in [-0.4, -0.2) is 16.7 Å². The average molecular weight is 354 g/mol. The van der Waals surface area contributed by atoms with E-state index in [0.717, 1.165) is 22.8 Å². The van der Waals surface area contributed by atoms with Gasteiger partial charge in [-0.15, -0.1) is 0 Å². The topological polar surface area (TPSA) is 46.5 Å². The number of benzene rings is 2. The monoisotopic (exact) mass is 354 g/mol. The highest BCUT2D eigenvalue weighted by Gasteiger charge is 2.26. The second-order valence-electron chi connectivity index (χ2n) is 7.53. The fourth-order valence-corrected chi connectivity index (χ4v) is 3.14. The van der Waals surface area contributed by atoms with Crippen LogP contribution in [-0.2, 0) is 9.53 Å². The highest BCUT2D eigenvalue weighted by atomic mass is 16.5. The summed E-state index contributed by atoms with van der Waals surface area (Å²) in [5.74, 6) is -0.358. The van der Waals surface area contributed by atoms with Crippen LogP contribution in [0.25, 0.3) is 10.8 Å². The van der Waals surface area contributed by atoms with E-state index in [2.05, 4.69) is 30.3 Å². The molecule has 0 aromatic heterocycles. The van der Waals surface area contributed by atoms with E-state index >= 15 is 0 Å². The SMILES string of the molecule is CCCC(C)(O)CC(=O)OC(CC=C(C)C)c1ccc2ccccc2c1. The fourth-order valence-electron chi connectivity index (χ4n) is 3.14. The van der Waals surface area contributed by atoms with E-state index in [1.54, 1.807) is 6.92 Å². The van der Waals surface area contributed by atoms with Crippen LogP contribution < -0.4 is 0 Å². The zero-order chi connectivity index (χ0) is 19.2. The van der Waals surface area contributed by atoms with Crippen molar-refractivity contribution in [1.29, 1.82) is 0 Å². The third kappa shape index (κ3) is 5.99. The Labute approximate surface area is 156 Å². The second-order valence-corrected chi connectivity index (χ2v) is 7.53. The lowest BCUT2D eigenvalue weighted by atomic mass is 9.96. The van der Waals surface area contributed by atoms with E-state index in [9.17, 15) is 9.90 Å². The van der Waals surface area contributed by atoms with Crippen molar-refractivity contribution in [2.45, 2.75) is 65.1 Å². The highest BCUT2D eigenvalue weighted by molar-refractivity contribution is 5.83. The second kappa shape index (κ2) is 9.00. The first kappa shape index (κ1) is 20.2. The van der Waals surface area contributed by atoms with Gasteiger partial charge in [-0.25, -0.2) is 0 Å². The molecule has 2 atom stereocenters. The summed E-state index contributed by atoms with van der Waals surface area (Å²) >= 11 is 0. The van der Waals surface area contributed by atoms with E-state index in [0.29, 0.717) is 12.8 Å². The summed E-state index contributed by atoms with van der Waals surface area (Å²) < 4.78 is 5.77. The molecule has 0 heterocycles. The molecule has 3 heteroatoms. The molecule has 0 radical (unpaired) electrons. The molecule has 0 aliphatic heterocycles. The Morgan fingerprint density at radius 1 is 1.19 bits per heavy atom. The molecular formula is C23H30O3. The van der Waals surface area contributed by atoms with Crippen molar-refractivity contribution >= 4 is 16.7 Å². The van der Waals surface area contributed by atoms with Crippen molar-refractivity contribution < 1.29 is 14.6 Å².